The van der Waals surface area contributed by atoms with Crippen molar-refractivity contribution in [1.82, 2.24) is 19.6 Å². The zero-order valence-corrected chi connectivity index (χ0v) is 27.3. The van der Waals surface area contributed by atoms with Crippen LogP contribution in [0.3, 0.4) is 0 Å². The van der Waals surface area contributed by atoms with E-state index < -0.39 is 33.7 Å². The molecule has 3 heterocycles. The summed E-state index contributed by atoms with van der Waals surface area (Å²) in [5.74, 6) is -0.151. The minimum absolute atomic E-state index is 0.0169. The fourth-order valence-electron chi connectivity index (χ4n) is 6.03. The van der Waals surface area contributed by atoms with Crippen LogP contribution in [-0.4, -0.2) is 74.5 Å². The second kappa shape index (κ2) is 14.0. The highest BCUT2D eigenvalue weighted by Gasteiger charge is 2.39. The predicted octanol–water partition coefficient (Wildman–Crippen LogP) is 5.11. The number of ether oxygens (including phenoxy) is 1. The average molecular weight is 699 g/mol. The van der Waals surface area contributed by atoms with E-state index in [2.05, 4.69) is 15.3 Å². The normalized spacial score (nSPS) is 17.3. The minimum Gasteiger partial charge on any atom is -0.497 e. The Morgan fingerprint density at radius 1 is 0.918 bits per heavy atom. The topological polar surface area (TPSA) is 108 Å². The number of anilines is 2. The van der Waals surface area contributed by atoms with Gasteiger partial charge in [0.1, 0.15) is 17.6 Å². The van der Waals surface area contributed by atoms with E-state index in [1.54, 1.807) is 36.4 Å². The van der Waals surface area contributed by atoms with Gasteiger partial charge < -0.3 is 19.9 Å². The number of piperazine rings is 1. The predicted molar refractivity (Wildman–Crippen MR) is 175 cm³/mol. The van der Waals surface area contributed by atoms with Gasteiger partial charge in [0.2, 0.25) is 21.9 Å². The van der Waals surface area contributed by atoms with Gasteiger partial charge in [0.05, 0.1) is 41.2 Å². The van der Waals surface area contributed by atoms with Crippen LogP contribution in [0.2, 0.25) is 0 Å². The maximum atomic E-state index is 14.4. The third-order valence-electron chi connectivity index (χ3n) is 8.63. The van der Waals surface area contributed by atoms with Gasteiger partial charge in [-0.25, -0.2) is 22.8 Å². The molecule has 1 atom stereocenters. The molecule has 2 aliphatic rings. The zero-order valence-electron chi connectivity index (χ0n) is 26.5. The molecule has 0 radical (unpaired) electrons. The molecule has 4 aromatic rings. The van der Waals surface area contributed by atoms with Crippen molar-refractivity contribution in [2.24, 2.45) is 0 Å². The first-order chi connectivity index (χ1) is 23.4. The van der Waals surface area contributed by atoms with Crippen LogP contribution in [-0.2, 0) is 27.5 Å². The van der Waals surface area contributed by atoms with Crippen molar-refractivity contribution in [2.75, 3.05) is 49.6 Å². The highest BCUT2D eigenvalue weighted by molar-refractivity contribution is 7.89. The van der Waals surface area contributed by atoms with E-state index in [0.717, 1.165) is 12.1 Å². The van der Waals surface area contributed by atoms with Gasteiger partial charge in [-0.05, 0) is 55.3 Å². The third kappa shape index (κ3) is 7.47. The number of rotatable bonds is 9. The maximum absolute atomic E-state index is 14.4. The lowest BCUT2D eigenvalue weighted by Gasteiger charge is -2.36. The highest BCUT2D eigenvalue weighted by atomic mass is 32.2. The molecule has 0 spiro atoms. The molecule has 1 aromatic heterocycles. The molecule has 1 amide bonds. The van der Waals surface area contributed by atoms with Gasteiger partial charge in [-0.2, -0.15) is 17.5 Å². The summed E-state index contributed by atoms with van der Waals surface area (Å²) >= 11 is 0. The quantitative estimate of drug-likeness (QED) is 0.241. The minimum atomic E-state index is -4.50. The average Bonchev–Trinajstić information content (AvgIpc) is 3.62. The highest BCUT2D eigenvalue weighted by Crippen LogP contribution is 2.32. The van der Waals surface area contributed by atoms with Crippen LogP contribution in [0.25, 0.3) is 11.3 Å². The number of para-hydroxylation sites is 1. The van der Waals surface area contributed by atoms with Gasteiger partial charge in [-0.3, -0.25) is 4.79 Å². The Balaban J connectivity index is 1.23. The largest absolute Gasteiger partial charge is 0.497 e. The number of sulfonamides is 1. The molecule has 1 unspecified atom stereocenters. The van der Waals surface area contributed by atoms with E-state index in [1.165, 1.54) is 41.7 Å². The van der Waals surface area contributed by atoms with Gasteiger partial charge in [-0.15, -0.1) is 0 Å². The van der Waals surface area contributed by atoms with Crippen molar-refractivity contribution < 1.29 is 35.5 Å². The maximum Gasteiger partial charge on any atom is 0.416 e. The second-order valence-electron chi connectivity index (χ2n) is 11.7. The first-order valence-electron chi connectivity index (χ1n) is 15.7. The summed E-state index contributed by atoms with van der Waals surface area (Å²) in [5, 5.41) is 2.81. The molecule has 2 saturated heterocycles. The number of hydrogen-bond donors (Lipinski definition) is 1. The van der Waals surface area contributed by atoms with Crippen molar-refractivity contribution in [3.05, 3.63) is 95.9 Å². The van der Waals surface area contributed by atoms with E-state index >= 15 is 0 Å². The number of hydrogen-bond acceptors (Lipinski definition) is 8. The molecule has 0 saturated carbocycles. The number of nitrogens with zero attached hydrogens (tertiary/aromatic N) is 5. The first-order valence-corrected chi connectivity index (χ1v) is 17.1. The van der Waals surface area contributed by atoms with Crippen LogP contribution in [0.4, 0.5) is 29.2 Å². The fourth-order valence-corrected chi connectivity index (χ4v) is 7.72. The number of methoxy groups -OCH3 is 1. The molecular formula is C34H34F4N6O4S. The Labute approximate surface area is 281 Å². The molecule has 2 fully saturated rings. The number of alkyl halides is 3. The van der Waals surface area contributed by atoms with E-state index in [9.17, 15) is 30.8 Å². The summed E-state index contributed by atoms with van der Waals surface area (Å²) in [6.07, 6.45) is -3.68. The first kappa shape index (κ1) is 34.1. The molecule has 258 valence electrons. The smallest absolute Gasteiger partial charge is 0.416 e. The van der Waals surface area contributed by atoms with Crippen LogP contribution in [0.1, 0.15) is 24.1 Å². The summed E-state index contributed by atoms with van der Waals surface area (Å²) in [6, 6.07) is 17.8. The number of amides is 1. The van der Waals surface area contributed by atoms with Crippen LogP contribution < -0.4 is 19.9 Å². The van der Waals surface area contributed by atoms with Crippen molar-refractivity contribution >= 4 is 27.6 Å². The summed E-state index contributed by atoms with van der Waals surface area (Å²) in [5.41, 5.74) is 0.833. The number of carbonyl (C=O) groups excluding carboxylic acids is 1. The lowest BCUT2D eigenvalue weighted by Crippen LogP contribution is -2.47. The second-order valence-corrected chi connectivity index (χ2v) is 13.6. The molecule has 1 N–H and O–H groups in total. The number of nitrogens with one attached hydrogen (secondary N) is 1. The lowest BCUT2D eigenvalue weighted by atomic mass is 10.1. The van der Waals surface area contributed by atoms with Gasteiger partial charge in [0.15, 0.2) is 0 Å². The van der Waals surface area contributed by atoms with Crippen molar-refractivity contribution in [2.45, 2.75) is 36.5 Å². The van der Waals surface area contributed by atoms with E-state index in [-0.39, 0.29) is 23.8 Å². The summed E-state index contributed by atoms with van der Waals surface area (Å²) in [6.45, 7) is 1.92. The standard InChI is InChI=1S/C34H34F4N6O4S/c1-48-26-6-4-7-27(21-26)49(46,47)44-15-5-10-31(44)32(45)39-22-25-20-29(23-11-13-24(14-12-23)34(36,37)38)41-33(40-25)43-18-16-42(17-19-43)30-9-3-2-8-28(30)35/h2-4,6-9,11-14,20-21,31H,5,10,15-19,22H2,1H3,(H,39,45). The summed E-state index contributed by atoms with van der Waals surface area (Å²) in [7, 11) is -2.57. The SMILES string of the molecule is COc1cccc(S(=O)(=O)N2CCCC2C(=O)NCc2cc(-c3ccc(C(F)(F)F)cc3)nc(N3CCN(c4ccccc4F)CC3)n2)c1. The number of halogens is 4. The Morgan fingerprint density at radius 3 is 2.33 bits per heavy atom. The molecule has 3 aromatic carbocycles. The van der Waals surface area contributed by atoms with Gasteiger partial charge in [0.25, 0.3) is 0 Å². The zero-order chi connectivity index (χ0) is 34.8. The van der Waals surface area contributed by atoms with E-state index in [4.69, 9.17) is 4.74 Å². The fraction of sp³-hybridized carbons (Fsp3) is 0.324. The molecular weight excluding hydrogens is 664 g/mol. The molecule has 6 rings (SSSR count). The van der Waals surface area contributed by atoms with Gasteiger partial charge in [-0.1, -0.05) is 30.3 Å². The van der Waals surface area contributed by atoms with Crippen molar-refractivity contribution in [3.63, 3.8) is 0 Å². The Hall–Kier alpha value is -4.76. The molecule has 0 bridgehead atoms. The lowest BCUT2D eigenvalue weighted by molar-refractivity contribution is -0.137. The summed E-state index contributed by atoms with van der Waals surface area (Å²) < 4.78 is 87.6. The Kier molecular flexibility index (Phi) is 9.75. The van der Waals surface area contributed by atoms with Crippen molar-refractivity contribution in [3.8, 4) is 17.0 Å². The molecule has 49 heavy (non-hydrogen) atoms. The molecule has 0 aliphatic carbocycles. The summed E-state index contributed by atoms with van der Waals surface area (Å²) in [4.78, 5) is 26.6. The van der Waals surface area contributed by atoms with E-state index in [0.29, 0.717) is 73.4 Å². The number of benzene rings is 3. The Bertz CT molecular complexity index is 1920. The van der Waals surface area contributed by atoms with Crippen molar-refractivity contribution in [1.29, 1.82) is 0 Å². The van der Waals surface area contributed by atoms with Crippen LogP contribution in [0, 0.1) is 5.82 Å². The molecule has 10 nitrogen and oxygen atoms in total. The van der Waals surface area contributed by atoms with Crippen LogP contribution in [0.15, 0.2) is 83.8 Å². The Morgan fingerprint density at radius 2 is 1.63 bits per heavy atom. The molecule has 15 heteroatoms. The monoisotopic (exact) mass is 698 g/mol. The van der Waals surface area contributed by atoms with E-state index in [1.807, 2.05) is 9.80 Å². The van der Waals surface area contributed by atoms with Crippen LogP contribution >= 0.6 is 0 Å². The van der Waals surface area contributed by atoms with Gasteiger partial charge >= 0.3 is 6.18 Å². The third-order valence-corrected chi connectivity index (χ3v) is 10.5. The van der Waals surface area contributed by atoms with Gasteiger partial charge in [0, 0.05) is 44.4 Å². The number of carbonyl (C=O) groups is 1. The van der Waals surface area contributed by atoms with Crippen LogP contribution in [0.5, 0.6) is 5.75 Å². The molecule has 2 aliphatic heterocycles. The number of aromatic nitrogens is 2.